The number of rotatable bonds is 7. The van der Waals surface area contributed by atoms with Crippen LogP contribution in [0.5, 0.6) is 5.75 Å². The molecule has 0 aliphatic heterocycles. The summed E-state index contributed by atoms with van der Waals surface area (Å²) >= 11 is 0. The second kappa shape index (κ2) is 7.67. The Bertz CT molecular complexity index is 511. The molecule has 0 radical (unpaired) electrons. The fraction of sp³-hybridized carbons (Fsp3) is 0.500. The van der Waals surface area contributed by atoms with Crippen molar-refractivity contribution < 1.29 is 19.4 Å². The van der Waals surface area contributed by atoms with Crippen LogP contribution in [0.15, 0.2) is 18.2 Å². The van der Waals surface area contributed by atoms with E-state index in [9.17, 15) is 9.59 Å². The normalized spacial score (nSPS) is 12.0. The first kappa shape index (κ1) is 17.0. The van der Waals surface area contributed by atoms with E-state index in [-0.39, 0.29) is 12.5 Å². The molecule has 5 heteroatoms. The predicted molar refractivity (Wildman–Crippen MR) is 80.6 cm³/mol. The number of ether oxygens (including phenoxy) is 1. The van der Waals surface area contributed by atoms with Crippen LogP contribution in [0.2, 0.25) is 0 Å². The van der Waals surface area contributed by atoms with Crippen LogP contribution in [0.25, 0.3) is 0 Å². The van der Waals surface area contributed by atoms with E-state index >= 15 is 0 Å². The van der Waals surface area contributed by atoms with Gasteiger partial charge in [0.05, 0.1) is 0 Å². The summed E-state index contributed by atoms with van der Waals surface area (Å²) in [6, 6.07) is 5.00. The lowest BCUT2D eigenvalue weighted by atomic mass is 10.0. The molecule has 0 aromatic heterocycles. The zero-order chi connectivity index (χ0) is 16.0. The molecular formula is C16H23NO4. The minimum atomic E-state index is -1.04. The minimum absolute atomic E-state index is 0.188. The van der Waals surface area contributed by atoms with Gasteiger partial charge in [0, 0.05) is 0 Å². The van der Waals surface area contributed by atoms with Gasteiger partial charge in [-0.05, 0) is 36.5 Å². The van der Waals surface area contributed by atoms with Crippen LogP contribution in [-0.4, -0.2) is 29.6 Å². The van der Waals surface area contributed by atoms with E-state index in [0.29, 0.717) is 12.2 Å². The van der Waals surface area contributed by atoms with Crippen LogP contribution in [0.3, 0.4) is 0 Å². The topological polar surface area (TPSA) is 75.6 Å². The Morgan fingerprint density at radius 1 is 1.33 bits per heavy atom. The van der Waals surface area contributed by atoms with E-state index in [1.165, 1.54) is 0 Å². The molecule has 1 unspecified atom stereocenters. The van der Waals surface area contributed by atoms with Crippen molar-refractivity contribution in [2.24, 2.45) is 0 Å². The van der Waals surface area contributed by atoms with Crippen LogP contribution in [0.4, 0.5) is 0 Å². The molecule has 0 fully saturated rings. The van der Waals surface area contributed by atoms with Gasteiger partial charge in [-0.1, -0.05) is 32.9 Å². The summed E-state index contributed by atoms with van der Waals surface area (Å²) in [5.41, 5.74) is 2.07. The van der Waals surface area contributed by atoms with E-state index in [0.717, 1.165) is 11.1 Å². The molecule has 1 rings (SSSR count). The van der Waals surface area contributed by atoms with E-state index < -0.39 is 17.9 Å². The maximum atomic E-state index is 11.8. The molecule has 1 aromatic rings. The number of hydrogen-bond donors (Lipinski definition) is 2. The van der Waals surface area contributed by atoms with Crippen molar-refractivity contribution in [3.63, 3.8) is 0 Å². The summed E-state index contributed by atoms with van der Waals surface area (Å²) in [6.07, 6.45) is 0.336. The van der Waals surface area contributed by atoms with Gasteiger partial charge < -0.3 is 15.2 Å². The lowest BCUT2D eigenvalue weighted by molar-refractivity contribution is -0.142. The Balaban J connectivity index is 2.68. The molecule has 0 saturated carbocycles. The maximum Gasteiger partial charge on any atom is 0.326 e. The van der Waals surface area contributed by atoms with Crippen molar-refractivity contribution in [2.45, 2.75) is 46.1 Å². The van der Waals surface area contributed by atoms with Gasteiger partial charge in [0.25, 0.3) is 5.91 Å². The number of carbonyl (C=O) groups is 2. The van der Waals surface area contributed by atoms with Crippen LogP contribution < -0.4 is 10.1 Å². The molecule has 5 nitrogen and oxygen atoms in total. The highest BCUT2D eigenvalue weighted by Gasteiger charge is 2.18. The van der Waals surface area contributed by atoms with Gasteiger partial charge in [0.15, 0.2) is 6.61 Å². The fourth-order valence-corrected chi connectivity index (χ4v) is 1.96. The first-order valence-corrected chi connectivity index (χ1v) is 7.10. The first-order chi connectivity index (χ1) is 9.85. The van der Waals surface area contributed by atoms with Gasteiger partial charge in [0.2, 0.25) is 0 Å². The van der Waals surface area contributed by atoms with Crippen molar-refractivity contribution in [1.82, 2.24) is 5.32 Å². The van der Waals surface area contributed by atoms with Crippen molar-refractivity contribution in [2.75, 3.05) is 6.61 Å². The van der Waals surface area contributed by atoms with Crippen molar-refractivity contribution in [1.29, 1.82) is 0 Å². The third-order valence-corrected chi connectivity index (χ3v) is 3.19. The number of carbonyl (C=O) groups excluding carboxylic acids is 1. The van der Waals surface area contributed by atoms with Crippen molar-refractivity contribution in [3.8, 4) is 5.75 Å². The monoisotopic (exact) mass is 293 g/mol. The molecule has 1 aromatic carbocycles. The fourth-order valence-electron chi connectivity index (χ4n) is 1.96. The summed E-state index contributed by atoms with van der Waals surface area (Å²) < 4.78 is 5.56. The zero-order valence-electron chi connectivity index (χ0n) is 13.0. The molecule has 2 N–H and O–H groups in total. The molecule has 0 saturated heterocycles. The molecule has 0 aliphatic rings. The van der Waals surface area contributed by atoms with Crippen LogP contribution >= 0.6 is 0 Å². The molecule has 21 heavy (non-hydrogen) atoms. The maximum absolute atomic E-state index is 11.8. The number of amides is 1. The van der Waals surface area contributed by atoms with Gasteiger partial charge in [-0.25, -0.2) is 4.79 Å². The van der Waals surface area contributed by atoms with E-state index in [1.807, 2.05) is 25.1 Å². The number of benzene rings is 1. The van der Waals surface area contributed by atoms with E-state index in [2.05, 4.69) is 19.2 Å². The highest BCUT2D eigenvalue weighted by atomic mass is 16.5. The Labute approximate surface area is 125 Å². The molecule has 116 valence electrons. The van der Waals surface area contributed by atoms with Gasteiger partial charge in [-0.15, -0.1) is 0 Å². The number of carboxylic acid groups (broad SMARTS) is 1. The number of aryl methyl sites for hydroxylation is 1. The van der Waals surface area contributed by atoms with Crippen LogP contribution in [0.1, 0.15) is 44.2 Å². The number of hydrogen-bond acceptors (Lipinski definition) is 3. The quantitative estimate of drug-likeness (QED) is 0.810. The molecule has 0 bridgehead atoms. The Kier molecular flexibility index (Phi) is 6.21. The third kappa shape index (κ3) is 5.10. The first-order valence-electron chi connectivity index (χ1n) is 7.10. The van der Waals surface area contributed by atoms with Gasteiger partial charge in [-0.2, -0.15) is 0 Å². The standard InChI is InChI=1S/C16H23NO4/c1-5-13(16(19)20)17-15(18)9-21-14-8-11(4)6-7-12(14)10(2)3/h6-8,10,13H,5,9H2,1-4H3,(H,17,18)(H,19,20). The third-order valence-electron chi connectivity index (χ3n) is 3.19. The van der Waals surface area contributed by atoms with Gasteiger partial charge >= 0.3 is 5.97 Å². The average Bonchev–Trinajstić information content (AvgIpc) is 2.41. The van der Waals surface area contributed by atoms with Gasteiger partial charge in [-0.3, -0.25) is 4.79 Å². The largest absolute Gasteiger partial charge is 0.483 e. The number of nitrogens with one attached hydrogen (secondary N) is 1. The molecule has 0 heterocycles. The van der Waals surface area contributed by atoms with Crippen LogP contribution in [-0.2, 0) is 9.59 Å². The van der Waals surface area contributed by atoms with Crippen molar-refractivity contribution in [3.05, 3.63) is 29.3 Å². The second-order valence-corrected chi connectivity index (χ2v) is 5.35. The summed E-state index contributed by atoms with van der Waals surface area (Å²) in [6.45, 7) is 7.57. The van der Waals surface area contributed by atoms with E-state index in [1.54, 1.807) is 6.92 Å². The second-order valence-electron chi connectivity index (χ2n) is 5.35. The lowest BCUT2D eigenvalue weighted by Gasteiger charge is -2.16. The predicted octanol–water partition coefficient (Wildman–Crippen LogP) is 2.48. The smallest absolute Gasteiger partial charge is 0.326 e. The van der Waals surface area contributed by atoms with E-state index in [4.69, 9.17) is 9.84 Å². The summed E-state index contributed by atoms with van der Waals surface area (Å²) in [4.78, 5) is 22.6. The Hall–Kier alpha value is -2.04. The zero-order valence-corrected chi connectivity index (χ0v) is 13.0. The summed E-state index contributed by atoms with van der Waals surface area (Å²) in [5, 5.41) is 11.3. The highest BCUT2D eigenvalue weighted by Crippen LogP contribution is 2.27. The molecule has 1 atom stereocenters. The summed E-state index contributed by atoms with van der Waals surface area (Å²) in [7, 11) is 0. The lowest BCUT2D eigenvalue weighted by Crippen LogP contribution is -2.42. The Morgan fingerprint density at radius 2 is 2.00 bits per heavy atom. The minimum Gasteiger partial charge on any atom is -0.483 e. The molecule has 0 aliphatic carbocycles. The molecule has 1 amide bonds. The highest BCUT2D eigenvalue weighted by molar-refractivity contribution is 5.84. The molecule has 0 spiro atoms. The summed E-state index contributed by atoms with van der Waals surface area (Å²) in [5.74, 6) is -0.515. The molecular weight excluding hydrogens is 270 g/mol. The van der Waals surface area contributed by atoms with Gasteiger partial charge in [0.1, 0.15) is 11.8 Å². The SMILES string of the molecule is CCC(NC(=O)COc1cc(C)ccc1C(C)C)C(=O)O. The number of carboxylic acids is 1. The average molecular weight is 293 g/mol. The van der Waals surface area contributed by atoms with Crippen molar-refractivity contribution >= 4 is 11.9 Å². The number of aliphatic carboxylic acids is 1. The van der Waals surface area contributed by atoms with Crippen LogP contribution in [0, 0.1) is 6.92 Å². The Morgan fingerprint density at radius 3 is 2.52 bits per heavy atom.